The first-order valence-corrected chi connectivity index (χ1v) is 8.00. The van der Waals surface area contributed by atoms with E-state index in [-0.39, 0.29) is 11.7 Å². The van der Waals surface area contributed by atoms with Gasteiger partial charge in [-0.3, -0.25) is 9.48 Å². The van der Waals surface area contributed by atoms with Gasteiger partial charge in [0.05, 0.1) is 18.3 Å². The van der Waals surface area contributed by atoms with Crippen molar-refractivity contribution in [3.05, 3.63) is 65.1 Å². The number of hydrogen-bond acceptors (Lipinski definition) is 2. The Hall–Kier alpha value is -2.40. The summed E-state index contributed by atoms with van der Waals surface area (Å²) in [4.78, 5) is 13.9. The quantitative estimate of drug-likeness (QED) is 0.704. The first-order chi connectivity index (χ1) is 11.5. The third-order valence-corrected chi connectivity index (χ3v) is 4.14. The van der Waals surface area contributed by atoms with Gasteiger partial charge >= 0.3 is 0 Å². The molecule has 3 rings (SSSR count). The van der Waals surface area contributed by atoms with E-state index >= 15 is 0 Å². The Morgan fingerprint density at radius 3 is 2.75 bits per heavy atom. The topological polar surface area (TPSA) is 38.1 Å². The van der Waals surface area contributed by atoms with Crippen LogP contribution in [-0.4, -0.2) is 27.6 Å². The van der Waals surface area contributed by atoms with E-state index in [1.165, 1.54) is 12.1 Å². The summed E-state index contributed by atoms with van der Waals surface area (Å²) >= 11 is 5.96. The van der Waals surface area contributed by atoms with Gasteiger partial charge in [0, 0.05) is 30.4 Å². The highest BCUT2D eigenvalue weighted by molar-refractivity contribution is 6.31. The summed E-state index contributed by atoms with van der Waals surface area (Å²) in [5.41, 5.74) is 1.85. The minimum Gasteiger partial charge on any atom is -0.341 e. The number of amides is 1. The van der Waals surface area contributed by atoms with Gasteiger partial charge in [0.15, 0.2) is 0 Å². The first kappa shape index (κ1) is 16.5. The van der Waals surface area contributed by atoms with E-state index in [1.807, 2.05) is 18.2 Å². The molecule has 0 saturated carbocycles. The molecule has 0 atom stereocenters. The molecule has 0 aliphatic carbocycles. The Morgan fingerprint density at radius 1 is 1.25 bits per heavy atom. The fraction of sp³-hybridized carbons (Fsp3) is 0.222. The number of carbonyl (C=O) groups excluding carboxylic acids is 1. The molecule has 0 unspecified atom stereocenters. The molecule has 0 aliphatic rings. The predicted molar refractivity (Wildman–Crippen MR) is 92.2 cm³/mol. The number of aryl methyl sites for hydroxylation is 1. The van der Waals surface area contributed by atoms with Crippen LogP contribution in [0.2, 0.25) is 5.02 Å². The van der Waals surface area contributed by atoms with E-state index in [0.717, 1.165) is 16.5 Å². The summed E-state index contributed by atoms with van der Waals surface area (Å²) in [6, 6.07) is 11.7. The lowest BCUT2D eigenvalue weighted by Crippen LogP contribution is -2.27. The van der Waals surface area contributed by atoms with Crippen LogP contribution >= 0.6 is 11.6 Å². The molecule has 6 heteroatoms. The second-order valence-corrected chi connectivity index (χ2v) is 6.13. The Balaban J connectivity index is 1.60. The van der Waals surface area contributed by atoms with Crippen molar-refractivity contribution in [2.45, 2.75) is 19.5 Å². The zero-order chi connectivity index (χ0) is 17.1. The highest BCUT2D eigenvalue weighted by atomic mass is 35.5. The van der Waals surface area contributed by atoms with Crippen LogP contribution in [0.5, 0.6) is 0 Å². The molecule has 0 radical (unpaired) electrons. The third kappa shape index (κ3) is 3.74. The van der Waals surface area contributed by atoms with Crippen molar-refractivity contribution in [3.8, 4) is 0 Å². The van der Waals surface area contributed by atoms with Crippen molar-refractivity contribution in [1.29, 1.82) is 0 Å². The van der Waals surface area contributed by atoms with Gasteiger partial charge in [-0.25, -0.2) is 4.39 Å². The van der Waals surface area contributed by atoms with Crippen molar-refractivity contribution in [1.82, 2.24) is 14.7 Å². The van der Waals surface area contributed by atoms with Crippen molar-refractivity contribution < 1.29 is 9.18 Å². The summed E-state index contributed by atoms with van der Waals surface area (Å²) < 4.78 is 14.7. The van der Waals surface area contributed by atoms with Crippen LogP contribution in [0.4, 0.5) is 4.39 Å². The second kappa shape index (κ2) is 7.01. The Bertz CT molecular complexity index is 860. The molecule has 1 heterocycles. The maximum absolute atomic E-state index is 12.9. The molecule has 24 heavy (non-hydrogen) atoms. The molecule has 0 aliphatic heterocycles. The lowest BCUT2D eigenvalue weighted by Gasteiger charge is -2.17. The van der Waals surface area contributed by atoms with Gasteiger partial charge in [-0.15, -0.1) is 0 Å². The van der Waals surface area contributed by atoms with E-state index in [1.54, 1.807) is 35.0 Å². The van der Waals surface area contributed by atoms with Crippen LogP contribution in [-0.2, 0) is 17.9 Å². The third-order valence-electron chi connectivity index (χ3n) is 3.90. The summed E-state index contributed by atoms with van der Waals surface area (Å²) in [6.07, 6.45) is 2.09. The largest absolute Gasteiger partial charge is 0.341 e. The van der Waals surface area contributed by atoms with Crippen molar-refractivity contribution in [3.63, 3.8) is 0 Å². The smallest absolute Gasteiger partial charge is 0.224 e. The molecule has 4 nitrogen and oxygen atoms in total. The highest BCUT2D eigenvalue weighted by Crippen LogP contribution is 2.19. The molecule has 2 aromatic carbocycles. The zero-order valence-corrected chi connectivity index (χ0v) is 14.0. The van der Waals surface area contributed by atoms with Crippen molar-refractivity contribution >= 4 is 28.4 Å². The van der Waals surface area contributed by atoms with Gasteiger partial charge < -0.3 is 4.90 Å². The number of carbonyl (C=O) groups is 1. The molecule has 3 aromatic rings. The summed E-state index contributed by atoms with van der Waals surface area (Å²) in [6.45, 7) is 0.951. The molecular weight excluding hydrogens is 329 g/mol. The van der Waals surface area contributed by atoms with Gasteiger partial charge in [-0.2, -0.15) is 5.10 Å². The molecule has 0 bridgehead atoms. The SMILES string of the molecule is CN(Cc1ccc(F)cc1)C(=O)CCn1ncc2cc(Cl)ccc21. The molecule has 0 N–H and O–H groups in total. The zero-order valence-electron chi connectivity index (χ0n) is 13.2. The molecule has 124 valence electrons. The molecule has 0 fully saturated rings. The van der Waals surface area contributed by atoms with E-state index in [0.29, 0.717) is 24.5 Å². The lowest BCUT2D eigenvalue weighted by atomic mass is 10.2. The van der Waals surface area contributed by atoms with Gasteiger partial charge in [0.25, 0.3) is 0 Å². The normalized spacial score (nSPS) is 11.0. The van der Waals surface area contributed by atoms with E-state index < -0.39 is 0 Å². The summed E-state index contributed by atoms with van der Waals surface area (Å²) in [5.74, 6) is -0.268. The Labute approximate surface area is 144 Å². The van der Waals surface area contributed by atoms with E-state index in [2.05, 4.69) is 5.10 Å². The van der Waals surface area contributed by atoms with Gasteiger partial charge in [0.1, 0.15) is 5.82 Å². The molecule has 1 aromatic heterocycles. The molecular formula is C18H17ClFN3O. The highest BCUT2D eigenvalue weighted by Gasteiger charge is 2.11. The monoisotopic (exact) mass is 345 g/mol. The Morgan fingerprint density at radius 2 is 2.00 bits per heavy atom. The fourth-order valence-corrected chi connectivity index (χ4v) is 2.76. The van der Waals surface area contributed by atoms with Crippen LogP contribution in [0.3, 0.4) is 0 Å². The lowest BCUT2D eigenvalue weighted by molar-refractivity contribution is -0.130. The van der Waals surface area contributed by atoms with Gasteiger partial charge in [0.2, 0.25) is 5.91 Å². The van der Waals surface area contributed by atoms with Gasteiger partial charge in [-0.05, 0) is 35.9 Å². The number of nitrogens with zero attached hydrogens (tertiary/aromatic N) is 3. The Kier molecular flexibility index (Phi) is 4.81. The number of hydrogen-bond donors (Lipinski definition) is 0. The van der Waals surface area contributed by atoms with Crippen LogP contribution < -0.4 is 0 Å². The van der Waals surface area contributed by atoms with Crippen molar-refractivity contribution in [2.75, 3.05) is 7.05 Å². The molecule has 0 saturated heterocycles. The van der Waals surface area contributed by atoms with E-state index in [9.17, 15) is 9.18 Å². The van der Waals surface area contributed by atoms with Crippen LogP contribution in [0.1, 0.15) is 12.0 Å². The second-order valence-electron chi connectivity index (χ2n) is 5.70. The molecule has 1 amide bonds. The number of benzene rings is 2. The van der Waals surface area contributed by atoms with Crippen molar-refractivity contribution in [2.24, 2.45) is 0 Å². The van der Waals surface area contributed by atoms with Crippen LogP contribution in [0.25, 0.3) is 10.9 Å². The maximum Gasteiger partial charge on any atom is 0.224 e. The molecule has 0 spiro atoms. The standard InChI is InChI=1S/C18H17ClFN3O/c1-22(12-13-2-5-16(20)6-3-13)18(24)8-9-23-17-7-4-15(19)10-14(17)11-21-23/h2-7,10-11H,8-9,12H2,1H3. The number of halogens is 2. The number of fused-ring (bicyclic) bond motifs is 1. The van der Waals surface area contributed by atoms with Gasteiger partial charge in [-0.1, -0.05) is 23.7 Å². The fourth-order valence-electron chi connectivity index (χ4n) is 2.58. The predicted octanol–water partition coefficient (Wildman–Crippen LogP) is 3.88. The van der Waals surface area contributed by atoms with E-state index in [4.69, 9.17) is 11.6 Å². The first-order valence-electron chi connectivity index (χ1n) is 7.62. The average Bonchev–Trinajstić information content (AvgIpc) is 2.96. The number of rotatable bonds is 5. The average molecular weight is 346 g/mol. The summed E-state index contributed by atoms with van der Waals surface area (Å²) in [7, 11) is 1.74. The number of aromatic nitrogens is 2. The minimum absolute atomic E-state index is 0.0111. The van der Waals surface area contributed by atoms with Crippen LogP contribution in [0.15, 0.2) is 48.7 Å². The maximum atomic E-state index is 12.9. The minimum atomic E-state index is -0.279. The van der Waals surface area contributed by atoms with Crippen LogP contribution in [0, 0.1) is 5.82 Å². The summed E-state index contributed by atoms with van der Waals surface area (Å²) in [5, 5.41) is 5.92.